The molecule has 0 spiro atoms. The van der Waals surface area contributed by atoms with Gasteiger partial charge in [0, 0.05) is 25.0 Å². The van der Waals surface area contributed by atoms with E-state index in [-0.39, 0.29) is 5.91 Å². The Morgan fingerprint density at radius 1 is 0.889 bits per heavy atom. The quantitative estimate of drug-likeness (QED) is 0.716. The number of amides is 1. The second kappa shape index (κ2) is 7.91. The third-order valence-corrected chi connectivity index (χ3v) is 4.53. The molecule has 0 unspecified atom stereocenters. The third-order valence-electron chi connectivity index (χ3n) is 4.53. The maximum atomic E-state index is 12.8. The number of nitrogens with zero attached hydrogens (tertiary/aromatic N) is 2. The van der Waals surface area contributed by atoms with Crippen LogP contribution >= 0.6 is 0 Å². The van der Waals surface area contributed by atoms with Crippen molar-refractivity contribution in [1.29, 1.82) is 0 Å². The summed E-state index contributed by atoms with van der Waals surface area (Å²) < 4.78 is 5.78. The first-order chi connectivity index (χ1) is 13.3. The van der Waals surface area contributed by atoms with Gasteiger partial charge in [-0.2, -0.15) is 0 Å². The SMILES string of the molecule is O=C(Nc1ccc(Oc2ccccc2)cc1)c1cccnc1N1CCCC1. The number of benzene rings is 2. The van der Waals surface area contributed by atoms with Crippen molar-refractivity contribution in [1.82, 2.24) is 4.98 Å². The van der Waals surface area contributed by atoms with Crippen LogP contribution in [0.25, 0.3) is 0 Å². The van der Waals surface area contributed by atoms with E-state index >= 15 is 0 Å². The predicted octanol–water partition coefficient (Wildman–Crippen LogP) is 4.73. The maximum absolute atomic E-state index is 12.8. The smallest absolute Gasteiger partial charge is 0.259 e. The van der Waals surface area contributed by atoms with Crippen LogP contribution in [0.4, 0.5) is 11.5 Å². The van der Waals surface area contributed by atoms with Crippen LogP contribution in [0.2, 0.25) is 0 Å². The van der Waals surface area contributed by atoms with E-state index in [1.807, 2.05) is 60.7 Å². The van der Waals surface area contributed by atoms with Gasteiger partial charge in [0.25, 0.3) is 5.91 Å². The molecule has 1 amide bonds. The summed E-state index contributed by atoms with van der Waals surface area (Å²) in [6.07, 6.45) is 4.02. The van der Waals surface area contributed by atoms with E-state index in [1.165, 1.54) is 0 Å². The largest absolute Gasteiger partial charge is 0.457 e. The standard InChI is InChI=1S/C22H21N3O2/c26-22(20-9-6-14-23-21(20)25-15-4-5-16-25)24-17-10-12-19(13-11-17)27-18-7-2-1-3-8-18/h1-3,6-14H,4-5,15-16H2,(H,24,26). The van der Waals surface area contributed by atoms with Gasteiger partial charge in [0.2, 0.25) is 0 Å². The highest BCUT2D eigenvalue weighted by atomic mass is 16.5. The number of ether oxygens (including phenoxy) is 1. The van der Waals surface area contributed by atoms with Gasteiger partial charge in [0.15, 0.2) is 0 Å². The average Bonchev–Trinajstić information content (AvgIpc) is 3.25. The van der Waals surface area contributed by atoms with Crippen LogP contribution in [0.3, 0.4) is 0 Å². The van der Waals surface area contributed by atoms with Crippen LogP contribution < -0.4 is 15.0 Å². The number of nitrogens with one attached hydrogen (secondary N) is 1. The van der Waals surface area contributed by atoms with Gasteiger partial charge < -0.3 is 15.0 Å². The summed E-state index contributed by atoms with van der Waals surface area (Å²) in [4.78, 5) is 19.4. The Labute approximate surface area is 158 Å². The predicted molar refractivity (Wildman–Crippen MR) is 107 cm³/mol. The number of hydrogen-bond acceptors (Lipinski definition) is 4. The summed E-state index contributed by atoms with van der Waals surface area (Å²) in [5.41, 5.74) is 1.32. The second-order valence-electron chi connectivity index (χ2n) is 6.46. The Balaban J connectivity index is 1.46. The van der Waals surface area contributed by atoms with Gasteiger partial charge >= 0.3 is 0 Å². The lowest BCUT2D eigenvalue weighted by Gasteiger charge is -2.19. The number of para-hydroxylation sites is 1. The number of anilines is 2. The summed E-state index contributed by atoms with van der Waals surface area (Å²) >= 11 is 0. The van der Waals surface area contributed by atoms with Crippen molar-refractivity contribution in [2.24, 2.45) is 0 Å². The van der Waals surface area contributed by atoms with E-state index in [1.54, 1.807) is 12.3 Å². The number of carbonyl (C=O) groups excluding carboxylic acids is 1. The van der Waals surface area contributed by atoms with Gasteiger partial charge in [0.1, 0.15) is 17.3 Å². The van der Waals surface area contributed by atoms with Gasteiger partial charge in [0.05, 0.1) is 5.56 Å². The molecule has 136 valence electrons. The van der Waals surface area contributed by atoms with Gasteiger partial charge in [-0.3, -0.25) is 4.79 Å². The highest BCUT2D eigenvalue weighted by molar-refractivity contribution is 6.07. The summed E-state index contributed by atoms with van der Waals surface area (Å²) in [5, 5.41) is 2.95. The van der Waals surface area contributed by atoms with Crippen molar-refractivity contribution < 1.29 is 9.53 Å². The molecule has 5 heteroatoms. The van der Waals surface area contributed by atoms with Crippen LogP contribution in [0.1, 0.15) is 23.2 Å². The van der Waals surface area contributed by atoms with Gasteiger partial charge in [-0.05, 0) is 61.4 Å². The fourth-order valence-electron chi connectivity index (χ4n) is 3.18. The molecule has 1 aliphatic rings. The van der Waals surface area contributed by atoms with E-state index in [9.17, 15) is 4.79 Å². The number of carbonyl (C=O) groups is 1. The van der Waals surface area contributed by atoms with Crippen LogP contribution in [0, 0.1) is 0 Å². The summed E-state index contributed by atoms with van der Waals surface area (Å²) in [7, 11) is 0. The van der Waals surface area contributed by atoms with Crippen molar-refractivity contribution in [3.8, 4) is 11.5 Å². The van der Waals surface area contributed by atoms with E-state index in [2.05, 4.69) is 15.2 Å². The van der Waals surface area contributed by atoms with Gasteiger partial charge in [-0.1, -0.05) is 18.2 Å². The molecule has 0 aliphatic carbocycles. The first-order valence-corrected chi connectivity index (χ1v) is 9.14. The monoisotopic (exact) mass is 359 g/mol. The zero-order valence-corrected chi connectivity index (χ0v) is 15.0. The minimum atomic E-state index is -0.151. The lowest BCUT2D eigenvalue weighted by atomic mass is 10.2. The molecule has 0 atom stereocenters. The van der Waals surface area contributed by atoms with Crippen LogP contribution in [0.5, 0.6) is 11.5 Å². The molecule has 1 aliphatic heterocycles. The molecule has 27 heavy (non-hydrogen) atoms. The zero-order valence-electron chi connectivity index (χ0n) is 15.0. The van der Waals surface area contributed by atoms with Crippen molar-refractivity contribution in [2.45, 2.75) is 12.8 Å². The topological polar surface area (TPSA) is 54.5 Å². The van der Waals surface area contributed by atoms with E-state index in [0.29, 0.717) is 5.56 Å². The first kappa shape index (κ1) is 17.1. The van der Waals surface area contributed by atoms with Crippen molar-refractivity contribution >= 4 is 17.4 Å². The van der Waals surface area contributed by atoms with Crippen molar-refractivity contribution in [2.75, 3.05) is 23.3 Å². The molecule has 4 rings (SSSR count). The fraction of sp³-hybridized carbons (Fsp3) is 0.182. The van der Waals surface area contributed by atoms with Gasteiger partial charge in [-0.25, -0.2) is 4.98 Å². The number of pyridine rings is 1. The Bertz CT molecular complexity index is 904. The van der Waals surface area contributed by atoms with Crippen LogP contribution in [0.15, 0.2) is 72.9 Å². The molecule has 1 aromatic heterocycles. The fourth-order valence-corrected chi connectivity index (χ4v) is 3.18. The maximum Gasteiger partial charge on any atom is 0.259 e. The third kappa shape index (κ3) is 4.08. The Hall–Kier alpha value is -3.34. The van der Waals surface area contributed by atoms with Crippen LogP contribution in [-0.4, -0.2) is 24.0 Å². The molecule has 0 radical (unpaired) electrons. The molecule has 2 aromatic carbocycles. The van der Waals surface area contributed by atoms with Gasteiger partial charge in [-0.15, -0.1) is 0 Å². The average molecular weight is 359 g/mol. The summed E-state index contributed by atoms with van der Waals surface area (Å²) in [6.45, 7) is 1.89. The molecular formula is C22H21N3O2. The van der Waals surface area contributed by atoms with Crippen LogP contribution in [-0.2, 0) is 0 Å². The molecule has 2 heterocycles. The van der Waals surface area contributed by atoms with E-state index in [0.717, 1.165) is 48.9 Å². The molecule has 3 aromatic rings. The normalized spacial score (nSPS) is 13.4. The molecule has 1 saturated heterocycles. The first-order valence-electron chi connectivity index (χ1n) is 9.14. The lowest BCUT2D eigenvalue weighted by molar-refractivity contribution is 0.102. The summed E-state index contributed by atoms with van der Waals surface area (Å²) in [5.74, 6) is 2.11. The molecular weight excluding hydrogens is 338 g/mol. The number of rotatable bonds is 5. The van der Waals surface area contributed by atoms with Crippen molar-refractivity contribution in [3.05, 3.63) is 78.5 Å². The molecule has 0 bridgehead atoms. The zero-order chi connectivity index (χ0) is 18.5. The molecule has 0 saturated carbocycles. The highest BCUT2D eigenvalue weighted by Crippen LogP contribution is 2.25. The van der Waals surface area contributed by atoms with E-state index in [4.69, 9.17) is 4.74 Å². The van der Waals surface area contributed by atoms with E-state index < -0.39 is 0 Å². The Kier molecular flexibility index (Phi) is 5.01. The second-order valence-corrected chi connectivity index (χ2v) is 6.46. The number of hydrogen-bond donors (Lipinski definition) is 1. The highest BCUT2D eigenvalue weighted by Gasteiger charge is 2.20. The Morgan fingerprint density at radius 3 is 2.33 bits per heavy atom. The molecule has 1 N–H and O–H groups in total. The lowest BCUT2D eigenvalue weighted by Crippen LogP contribution is -2.24. The number of aromatic nitrogens is 1. The minimum Gasteiger partial charge on any atom is -0.457 e. The molecule has 1 fully saturated rings. The Morgan fingerprint density at radius 2 is 1.59 bits per heavy atom. The summed E-state index contributed by atoms with van der Waals surface area (Å²) in [6, 6.07) is 20.6. The minimum absolute atomic E-state index is 0.151. The van der Waals surface area contributed by atoms with Crippen molar-refractivity contribution in [3.63, 3.8) is 0 Å². The molecule has 5 nitrogen and oxygen atoms in total.